The minimum absolute atomic E-state index is 0.0861. The molecule has 0 spiro atoms. The van der Waals surface area contributed by atoms with E-state index in [2.05, 4.69) is 4.98 Å². The van der Waals surface area contributed by atoms with Crippen LogP contribution in [0, 0.1) is 5.92 Å². The lowest BCUT2D eigenvalue weighted by atomic mass is 9.98. The van der Waals surface area contributed by atoms with Gasteiger partial charge in [-0.1, -0.05) is 18.2 Å². The van der Waals surface area contributed by atoms with Gasteiger partial charge < -0.3 is 4.74 Å². The van der Waals surface area contributed by atoms with Gasteiger partial charge in [-0.05, 0) is 66.4 Å². The van der Waals surface area contributed by atoms with Gasteiger partial charge in [0.25, 0.3) is 5.91 Å². The summed E-state index contributed by atoms with van der Waals surface area (Å²) >= 11 is 0. The fourth-order valence-corrected chi connectivity index (χ4v) is 7.67. The van der Waals surface area contributed by atoms with Gasteiger partial charge in [0.2, 0.25) is 20.0 Å². The van der Waals surface area contributed by atoms with Crippen molar-refractivity contribution in [2.24, 2.45) is 5.92 Å². The number of amides is 1. The maximum atomic E-state index is 13.9. The first-order chi connectivity index (χ1) is 18.2. The number of carbonyl (C=O) groups is 1. The third-order valence-electron chi connectivity index (χ3n) is 6.46. The molecule has 2 aromatic carbocycles. The van der Waals surface area contributed by atoms with Crippen LogP contribution >= 0.6 is 0 Å². The molecule has 1 unspecified atom stereocenters. The predicted molar refractivity (Wildman–Crippen MR) is 137 cm³/mol. The first-order valence-corrected chi connectivity index (χ1v) is 14.6. The Morgan fingerprint density at radius 3 is 2.32 bits per heavy atom. The highest BCUT2D eigenvalue weighted by molar-refractivity contribution is 7.89. The van der Waals surface area contributed by atoms with E-state index in [1.807, 2.05) is 0 Å². The smallest absolute Gasteiger partial charge is 0.262 e. The summed E-state index contributed by atoms with van der Waals surface area (Å²) in [5.41, 5.74) is 2.15. The standard InChI is InChI=1S/C25H28N4O7S2/c1-36-21-7-9-23(10-8-21)38(34,35)29(17-19-11-14-26-15-12-19)24(25(30)27-31)20-13-16-28(18-20)37(32,33)22-5-3-2-4-6-22/h2-12,14-15,20,24,31H,13,16-18H2,1H3,(H,27,30)/t20?,24-/m1/s1. The summed E-state index contributed by atoms with van der Waals surface area (Å²) < 4.78 is 61.6. The van der Waals surface area contributed by atoms with Crippen molar-refractivity contribution in [3.8, 4) is 5.75 Å². The number of hydrogen-bond acceptors (Lipinski definition) is 8. The van der Waals surface area contributed by atoms with E-state index >= 15 is 0 Å². The second-order valence-corrected chi connectivity index (χ2v) is 12.6. The van der Waals surface area contributed by atoms with Gasteiger partial charge in [0, 0.05) is 32.0 Å². The zero-order valence-electron chi connectivity index (χ0n) is 20.5. The summed E-state index contributed by atoms with van der Waals surface area (Å²) in [5.74, 6) is -1.25. The number of rotatable bonds is 10. The van der Waals surface area contributed by atoms with Crippen LogP contribution in [-0.2, 0) is 31.4 Å². The normalized spacial score (nSPS) is 17.3. The molecule has 0 saturated carbocycles. The van der Waals surface area contributed by atoms with Crippen molar-refractivity contribution in [3.63, 3.8) is 0 Å². The molecule has 4 rings (SSSR count). The van der Waals surface area contributed by atoms with Crippen LogP contribution in [0.25, 0.3) is 0 Å². The molecule has 2 N–H and O–H groups in total. The van der Waals surface area contributed by atoms with Crippen LogP contribution < -0.4 is 10.2 Å². The third kappa shape index (κ3) is 5.71. The largest absolute Gasteiger partial charge is 0.497 e. The van der Waals surface area contributed by atoms with E-state index in [4.69, 9.17) is 4.74 Å². The lowest BCUT2D eigenvalue weighted by molar-refractivity contribution is -0.135. The van der Waals surface area contributed by atoms with Gasteiger partial charge in [0.05, 0.1) is 16.9 Å². The molecule has 3 aromatic rings. The van der Waals surface area contributed by atoms with Crippen molar-refractivity contribution in [1.29, 1.82) is 0 Å². The van der Waals surface area contributed by atoms with Gasteiger partial charge >= 0.3 is 0 Å². The number of pyridine rings is 1. The Labute approximate surface area is 221 Å². The zero-order valence-corrected chi connectivity index (χ0v) is 22.2. The van der Waals surface area contributed by atoms with Crippen molar-refractivity contribution in [2.45, 2.75) is 28.8 Å². The second-order valence-electron chi connectivity index (χ2n) is 8.73. The van der Waals surface area contributed by atoms with Gasteiger partial charge in [0.15, 0.2) is 0 Å². The molecule has 2 atom stereocenters. The van der Waals surface area contributed by atoms with Gasteiger partial charge in [-0.25, -0.2) is 22.3 Å². The molecule has 38 heavy (non-hydrogen) atoms. The van der Waals surface area contributed by atoms with Crippen LogP contribution in [0.1, 0.15) is 12.0 Å². The number of carbonyl (C=O) groups excluding carboxylic acids is 1. The minimum Gasteiger partial charge on any atom is -0.497 e. The number of hydrogen-bond donors (Lipinski definition) is 2. The Bertz CT molecular complexity index is 1450. The first-order valence-electron chi connectivity index (χ1n) is 11.7. The molecular formula is C25H28N4O7S2. The number of sulfonamides is 2. The topological polar surface area (TPSA) is 146 Å². The number of benzene rings is 2. The minimum atomic E-state index is -4.30. The Balaban J connectivity index is 1.73. The average molecular weight is 561 g/mol. The molecule has 1 fully saturated rings. The number of nitrogens with one attached hydrogen (secondary N) is 1. The summed E-state index contributed by atoms with van der Waals surface area (Å²) in [5, 5.41) is 9.61. The molecule has 1 saturated heterocycles. The second kappa shape index (κ2) is 11.6. The van der Waals surface area contributed by atoms with Crippen molar-refractivity contribution in [3.05, 3.63) is 84.7 Å². The van der Waals surface area contributed by atoms with Crippen molar-refractivity contribution in [2.75, 3.05) is 20.2 Å². The van der Waals surface area contributed by atoms with E-state index in [1.165, 1.54) is 60.2 Å². The average Bonchev–Trinajstić information content (AvgIpc) is 3.44. The monoisotopic (exact) mass is 560 g/mol. The van der Waals surface area contributed by atoms with Gasteiger partial charge in [-0.3, -0.25) is 15.0 Å². The molecule has 1 aromatic heterocycles. The van der Waals surface area contributed by atoms with Crippen LogP contribution in [-0.4, -0.2) is 67.8 Å². The zero-order chi connectivity index (χ0) is 27.3. The summed E-state index contributed by atoms with van der Waals surface area (Å²) in [7, 11) is -6.72. The third-order valence-corrected chi connectivity index (χ3v) is 10.2. The number of methoxy groups -OCH3 is 1. The number of hydroxylamine groups is 1. The fraction of sp³-hybridized carbons (Fsp3) is 0.280. The number of aromatic nitrogens is 1. The van der Waals surface area contributed by atoms with Gasteiger partial charge in [-0.2, -0.15) is 8.61 Å². The summed E-state index contributed by atoms with van der Waals surface area (Å²) in [4.78, 5) is 17.0. The van der Waals surface area contributed by atoms with Crippen LogP contribution in [0.5, 0.6) is 5.75 Å². The van der Waals surface area contributed by atoms with E-state index in [9.17, 15) is 26.8 Å². The highest BCUT2D eigenvalue weighted by Crippen LogP contribution is 2.32. The molecule has 2 heterocycles. The SMILES string of the molecule is COc1ccc(S(=O)(=O)N(Cc2ccncc2)[C@@H](C(=O)NO)C2CCN(S(=O)(=O)c3ccccc3)C2)cc1. The molecular weight excluding hydrogens is 532 g/mol. The van der Waals surface area contributed by atoms with Crippen LogP contribution in [0.15, 0.2) is 88.9 Å². The van der Waals surface area contributed by atoms with Crippen molar-refractivity contribution < 1.29 is 31.6 Å². The van der Waals surface area contributed by atoms with Crippen LogP contribution in [0.3, 0.4) is 0 Å². The highest BCUT2D eigenvalue weighted by Gasteiger charge is 2.45. The summed E-state index contributed by atoms with van der Waals surface area (Å²) in [6, 6.07) is 15.4. The number of nitrogens with zero attached hydrogens (tertiary/aromatic N) is 3. The number of ether oxygens (including phenoxy) is 1. The van der Waals surface area contributed by atoms with Crippen molar-refractivity contribution in [1.82, 2.24) is 19.1 Å². The summed E-state index contributed by atoms with van der Waals surface area (Å²) in [6.45, 7) is -0.236. The molecule has 0 bridgehead atoms. The molecule has 202 valence electrons. The first kappa shape index (κ1) is 27.7. The summed E-state index contributed by atoms with van der Waals surface area (Å²) in [6.07, 6.45) is 3.20. The Kier molecular flexibility index (Phi) is 8.43. The fourth-order valence-electron chi connectivity index (χ4n) is 4.50. The van der Waals surface area contributed by atoms with E-state index in [0.29, 0.717) is 11.3 Å². The molecule has 1 amide bonds. The quantitative estimate of drug-likeness (QED) is 0.282. The lowest BCUT2D eigenvalue weighted by Gasteiger charge is -2.33. The molecule has 1 aliphatic rings. The van der Waals surface area contributed by atoms with E-state index in [0.717, 1.165) is 4.31 Å². The molecule has 1 aliphatic heterocycles. The highest BCUT2D eigenvalue weighted by atomic mass is 32.2. The maximum absolute atomic E-state index is 13.9. The van der Waals surface area contributed by atoms with Crippen LogP contribution in [0.2, 0.25) is 0 Å². The van der Waals surface area contributed by atoms with Crippen LogP contribution in [0.4, 0.5) is 0 Å². The molecule has 0 radical (unpaired) electrons. The Morgan fingerprint density at radius 1 is 1.05 bits per heavy atom. The van der Waals surface area contributed by atoms with E-state index in [-0.39, 0.29) is 35.8 Å². The van der Waals surface area contributed by atoms with Gasteiger partial charge in [0.1, 0.15) is 11.8 Å². The maximum Gasteiger partial charge on any atom is 0.262 e. The predicted octanol–water partition coefficient (Wildman–Crippen LogP) is 1.87. The molecule has 13 heteroatoms. The molecule has 0 aliphatic carbocycles. The molecule has 11 nitrogen and oxygen atoms in total. The Morgan fingerprint density at radius 2 is 1.71 bits per heavy atom. The van der Waals surface area contributed by atoms with Gasteiger partial charge in [-0.15, -0.1) is 0 Å². The van der Waals surface area contributed by atoms with E-state index < -0.39 is 37.9 Å². The van der Waals surface area contributed by atoms with E-state index in [1.54, 1.807) is 35.8 Å². The van der Waals surface area contributed by atoms with Crippen molar-refractivity contribution >= 4 is 26.0 Å². The Hall–Kier alpha value is -3.36. The lowest BCUT2D eigenvalue weighted by Crippen LogP contribution is -2.53.